The number of nitriles is 1. The fourth-order valence-corrected chi connectivity index (χ4v) is 3.56. The number of rotatable bonds is 9. The van der Waals surface area contributed by atoms with Crippen LogP contribution in [0.5, 0.6) is 11.5 Å². The van der Waals surface area contributed by atoms with Gasteiger partial charge in [0.15, 0.2) is 6.79 Å². The van der Waals surface area contributed by atoms with Gasteiger partial charge in [0.1, 0.15) is 17.6 Å². The number of benzene rings is 2. The molecule has 3 rings (SSSR count). The van der Waals surface area contributed by atoms with Crippen molar-refractivity contribution in [2.75, 3.05) is 13.9 Å². The van der Waals surface area contributed by atoms with Crippen LogP contribution in [0.1, 0.15) is 25.5 Å². The molecular formula is C25H25NO6. The summed E-state index contributed by atoms with van der Waals surface area (Å²) in [7, 11) is 1.42. The Kier molecular flexibility index (Phi) is 7.29. The maximum absolute atomic E-state index is 12.8. The second kappa shape index (κ2) is 10.1. The quantitative estimate of drug-likeness (QED) is 0.324. The van der Waals surface area contributed by atoms with Gasteiger partial charge in [-0.2, -0.15) is 5.26 Å². The number of carbonyl (C=O) groups is 2. The Hall–Kier alpha value is -3.63. The van der Waals surface area contributed by atoms with Gasteiger partial charge in [0.25, 0.3) is 0 Å². The first-order chi connectivity index (χ1) is 15.4. The van der Waals surface area contributed by atoms with Crippen molar-refractivity contribution in [3.63, 3.8) is 0 Å². The summed E-state index contributed by atoms with van der Waals surface area (Å²) in [6.45, 7) is 3.67. The predicted octanol–water partition coefficient (Wildman–Crippen LogP) is 4.56. The third-order valence-electron chi connectivity index (χ3n) is 5.41. The van der Waals surface area contributed by atoms with Crippen LogP contribution < -0.4 is 4.74 Å². The summed E-state index contributed by atoms with van der Waals surface area (Å²) in [5.41, 5.74) is 0.121. The van der Waals surface area contributed by atoms with E-state index in [2.05, 4.69) is 4.74 Å². The number of methoxy groups -OCH3 is 1. The summed E-state index contributed by atoms with van der Waals surface area (Å²) >= 11 is 0. The number of esters is 2. The Morgan fingerprint density at radius 3 is 2.53 bits per heavy atom. The van der Waals surface area contributed by atoms with Crippen LogP contribution in [0.15, 0.2) is 66.7 Å². The number of carbonyl (C=O) groups excluding carboxylic acids is 2. The van der Waals surface area contributed by atoms with Crippen LogP contribution in [-0.4, -0.2) is 25.8 Å². The number of para-hydroxylation sites is 1. The van der Waals surface area contributed by atoms with E-state index in [1.807, 2.05) is 50.2 Å². The van der Waals surface area contributed by atoms with E-state index in [1.165, 1.54) is 13.2 Å². The van der Waals surface area contributed by atoms with Crippen molar-refractivity contribution in [2.24, 2.45) is 17.3 Å². The molecule has 2 aromatic carbocycles. The van der Waals surface area contributed by atoms with Crippen molar-refractivity contribution in [1.29, 1.82) is 5.26 Å². The molecule has 1 saturated carbocycles. The van der Waals surface area contributed by atoms with Gasteiger partial charge in [0, 0.05) is 18.7 Å². The van der Waals surface area contributed by atoms with Gasteiger partial charge in [-0.3, -0.25) is 4.79 Å². The highest BCUT2D eigenvalue weighted by Gasteiger charge is 2.61. The van der Waals surface area contributed by atoms with E-state index >= 15 is 0 Å². The SMILES string of the molecule is COCOC(=O)C=C[C@H]1[C@@H](C(=O)OC(C#N)c2cccc(Oc3ccccc3)c2)C1(C)C. The first-order valence-corrected chi connectivity index (χ1v) is 10.1. The first kappa shape index (κ1) is 23.0. The van der Waals surface area contributed by atoms with Crippen molar-refractivity contribution < 1.29 is 28.5 Å². The standard InChI is InChI=1S/C25H25NO6/c1-25(2)20(12-13-22(27)30-16-29-3)23(25)24(28)32-21(15-26)17-8-7-11-19(14-17)31-18-9-5-4-6-10-18/h4-14,20-21,23H,16H2,1-3H3/t20-,21?,23-/m0/s1. The van der Waals surface area contributed by atoms with E-state index in [9.17, 15) is 14.9 Å². The van der Waals surface area contributed by atoms with E-state index in [1.54, 1.807) is 30.3 Å². The molecule has 0 spiro atoms. The summed E-state index contributed by atoms with van der Waals surface area (Å²) < 4.78 is 20.8. The van der Waals surface area contributed by atoms with Crippen LogP contribution in [0.2, 0.25) is 0 Å². The first-order valence-electron chi connectivity index (χ1n) is 10.1. The Morgan fingerprint density at radius 2 is 1.84 bits per heavy atom. The molecule has 0 heterocycles. The lowest BCUT2D eigenvalue weighted by atomic mass is 10.1. The zero-order chi connectivity index (χ0) is 23.1. The lowest BCUT2D eigenvalue weighted by molar-refractivity contribution is -0.150. The normalized spacial score (nSPS) is 19.6. The summed E-state index contributed by atoms with van der Waals surface area (Å²) in [6.07, 6.45) is 1.85. The van der Waals surface area contributed by atoms with Crippen LogP contribution in [-0.2, 0) is 23.8 Å². The van der Waals surface area contributed by atoms with Gasteiger partial charge in [-0.25, -0.2) is 4.79 Å². The van der Waals surface area contributed by atoms with Crippen LogP contribution in [0.4, 0.5) is 0 Å². The number of allylic oxidation sites excluding steroid dienone is 1. The molecule has 0 bridgehead atoms. The van der Waals surface area contributed by atoms with Gasteiger partial charge < -0.3 is 18.9 Å². The molecule has 0 radical (unpaired) electrons. The van der Waals surface area contributed by atoms with E-state index in [-0.39, 0.29) is 12.7 Å². The lowest BCUT2D eigenvalue weighted by Crippen LogP contribution is -2.14. The lowest BCUT2D eigenvalue weighted by Gasteiger charge is -2.13. The molecule has 3 atom stereocenters. The minimum atomic E-state index is -1.07. The van der Waals surface area contributed by atoms with Crippen molar-refractivity contribution in [3.05, 3.63) is 72.3 Å². The Morgan fingerprint density at radius 1 is 1.12 bits per heavy atom. The van der Waals surface area contributed by atoms with Crippen LogP contribution in [0.3, 0.4) is 0 Å². The minimum Gasteiger partial charge on any atom is -0.457 e. The van der Waals surface area contributed by atoms with Crippen molar-refractivity contribution >= 4 is 11.9 Å². The van der Waals surface area contributed by atoms with Gasteiger partial charge >= 0.3 is 11.9 Å². The fourth-order valence-electron chi connectivity index (χ4n) is 3.56. The summed E-state index contributed by atoms with van der Waals surface area (Å²) in [4.78, 5) is 24.4. The van der Waals surface area contributed by atoms with Crippen molar-refractivity contribution in [3.8, 4) is 17.6 Å². The smallest absolute Gasteiger partial charge is 0.332 e. The number of nitrogens with zero attached hydrogens (tertiary/aromatic N) is 1. The van der Waals surface area contributed by atoms with E-state index in [0.717, 1.165) is 0 Å². The molecule has 166 valence electrons. The zero-order valence-electron chi connectivity index (χ0n) is 18.2. The summed E-state index contributed by atoms with van der Waals surface area (Å²) in [5, 5.41) is 9.61. The monoisotopic (exact) mass is 435 g/mol. The average molecular weight is 435 g/mol. The third kappa shape index (κ3) is 5.54. The molecule has 1 fully saturated rings. The van der Waals surface area contributed by atoms with Crippen LogP contribution >= 0.6 is 0 Å². The molecule has 0 amide bonds. The van der Waals surface area contributed by atoms with Gasteiger partial charge in [0.2, 0.25) is 6.10 Å². The molecule has 32 heavy (non-hydrogen) atoms. The molecule has 1 aliphatic rings. The molecule has 7 nitrogen and oxygen atoms in total. The number of ether oxygens (including phenoxy) is 4. The summed E-state index contributed by atoms with van der Waals surface area (Å²) in [6, 6.07) is 18.2. The second-order valence-electron chi connectivity index (χ2n) is 7.99. The van der Waals surface area contributed by atoms with Crippen molar-refractivity contribution in [1.82, 2.24) is 0 Å². The Bertz CT molecular complexity index is 1020. The van der Waals surface area contributed by atoms with E-state index in [4.69, 9.17) is 14.2 Å². The molecule has 1 unspecified atom stereocenters. The maximum Gasteiger partial charge on any atom is 0.332 e. The van der Waals surface area contributed by atoms with Gasteiger partial charge in [-0.05, 0) is 35.6 Å². The highest BCUT2D eigenvalue weighted by molar-refractivity contribution is 5.83. The minimum absolute atomic E-state index is 0.139. The van der Waals surface area contributed by atoms with Crippen molar-refractivity contribution in [2.45, 2.75) is 20.0 Å². The summed E-state index contributed by atoms with van der Waals surface area (Å²) in [5.74, 6) is -0.505. The van der Waals surface area contributed by atoms with E-state index in [0.29, 0.717) is 17.1 Å². The molecule has 0 saturated heterocycles. The van der Waals surface area contributed by atoms with Crippen LogP contribution in [0, 0.1) is 28.6 Å². The van der Waals surface area contributed by atoms with Gasteiger partial charge in [0.05, 0.1) is 5.92 Å². The molecule has 1 aliphatic carbocycles. The molecule has 0 aliphatic heterocycles. The fraction of sp³-hybridized carbons (Fsp3) is 0.320. The third-order valence-corrected chi connectivity index (χ3v) is 5.41. The zero-order valence-corrected chi connectivity index (χ0v) is 18.2. The molecular weight excluding hydrogens is 410 g/mol. The largest absolute Gasteiger partial charge is 0.457 e. The number of hydrogen-bond acceptors (Lipinski definition) is 7. The second-order valence-corrected chi connectivity index (χ2v) is 7.99. The highest BCUT2D eigenvalue weighted by Crippen LogP contribution is 2.59. The van der Waals surface area contributed by atoms with Gasteiger partial charge in [-0.1, -0.05) is 50.3 Å². The molecule has 2 aromatic rings. The van der Waals surface area contributed by atoms with Crippen LogP contribution in [0.25, 0.3) is 0 Å². The number of hydrogen-bond donors (Lipinski definition) is 0. The molecule has 0 aromatic heterocycles. The Labute approximate surface area is 187 Å². The predicted molar refractivity (Wildman–Crippen MR) is 115 cm³/mol. The molecule has 7 heteroatoms. The highest BCUT2D eigenvalue weighted by atomic mass is 16.7. The topological polar surface area (TPSA) is 94.9 Å². The Balaban J connectivity index is 1.65. The maximum atomic E-state index is 12.8. The van der Waals surface area contributed by atoms with E-state index < -0.39 is 29.4 Å². The van der Waals surface area contributed by atoms with Gasteiger partial charge in [-0.15, -0.1) is 0 Å². The molecule has 0 N–H and O–H groups in total. The average Bonchev–Trinajstić information content (AvgIpc) is 3.35.